The number of ether oxygens (including phenoxy) is 1. The molecule has 0 radical (unpaired) electrons. The van der Waals surface area contributed by atoms with Gasteiger partial charge in [-0.25, -0.2) is 4.79 Å². The molecule has 3 aromatic rings. The number of hydrogen-bond donors (Lipinski definition) is 1. The quantitative estimate of drug-likeness (QED) is 0.548. The number of nitrogens with zero attached hydrogens (tertiary/aromatic N) is 5. The lowest BCUT2D eigenvalue weighted by Gasteiger charge is -2.22. The summed E-state index contributed by atoms with van der Waals surface area (Å²) in [5.74, 6) is 1.07. The minimum Gasteiger partial charge on any atom is -0.461 e. The van der Waals surface area contributed by atoms with Crippen molar-refractivity contribution in [3.63, 3.8) is 0 Å². The zero-order valence-corrected chi connectivity index (χ0v) is 19.7. The molecule has 5 rings (SSSR count). The second kappa shape index (κ2) is 10.1. The Balaban J connectivity index is 1.37. The molecule has 3 heterocycles. The summed E-state index contributed by atoms with van der Waals surface area (Å²) in [7, 11) is 0. The topological polar surface area (TPSA) is 102 Å². The van der Waals surface area contributed by atoms with Crippen LogP contribution in [0.1, 0.15) is 38.4 Å². The molecule has 0 aliphatic carbocycles. The lowest BCUT2D eigenvalue weighted by Crippen LogP contribution is -2.38. The highest BCUT2D eigenvalue weighted by Crippen LogP contribution is 2.28. The Kier molecular flexibility index (Phi) is 6.56. The van der Waals surface area contributed by atoms with Gasteiger partial charge in [0.2, 0.25) is 5.91 Å². The van der Waals surface area contributed by atoms with Crippen molar-refractivity contribution in [3.8, 4) is 11.4 Å². The number of benzene rings is 2. The van der Waals surface area contributed by atoms with Gasteiger partial charge in [0.15, 0.2) is 5.82 Å². The van der Waals surface area contributed by atoms with E-state index in [9.17, 15) is 9.59 Å². The first-order valence-corrected chi connectivity index (χ1v) is 12.1. The van der Waals surface area contributed by atoms with Crippen molar-refractivity contribution in [1.82, 2.24) is 14.8 Å². The van der Waals surface area contributed by atoms with Crippen LogP contribution in [0.25, 0.3) is 11.4 Å². The zero-order chi connectivity index (χ0) is 24.2. The van der Waals surface area contributed by atoms with Crippen molar-refractivity contribution in [2.75, 3.05) is 16.9 Å². The van der Waals surface area contributed by atoms with E-state index >= 15 is 0 Å². The third kappa shape index (κ3) is 4.80. The summed E-state index contributed by atoms with van der Waals surface area (Å²) in [5, 5.41) is 17.8. The fourth-order valence-corrected chi connectivity index (χ4v) is 4.53. The van der Waals surface area contributed by atoms with Gasteiger partial charge in [-0.1, -0.05) is 36.8 Å². The fourth-order valence-electron chi connectivity index (χ4n) is 4.53. The van der Waals surface area contributed by atoms with Crippen LogP contribution in [0.4, 0.5) is 11.4 Å². The molecule has 1 N–H and O–H groups in total. The first-order chi connectivity index (χ1) is 17.1. The second-order valence-electron chi connectivity index (χ2n) is 8.64. The number of nitrogens with one attached hydrogen (secondary N) is 1. The Labute approximate surface area is 203 Å². The van der Waals surface area contributed by atoms with E-state index in [2.05, 4.69) is 25.2 Å². The Hall–Kier alpha value is -4.01. The number of esters is 1. The molecule has 0 saturated heterocycles. The number of carbonyl (C=O) groups excluding carboxylic acids is 2. The number of carbonyl (C=O) groups is 2. The van der Waals surface area contributed by atoms with Crippen molar-refractivity contribution in [1.29, 1.82) is 0 Å². The van der Waals surface area contributed by atoms with Crippen LogP contribution in [0, 0.1) is 0 Å². The smallest absolute Gasteiger partial charge is 0.354 e. The highest BCUT2D eigenvalue weighted by atomic mass is 16.5. The number of hydrogen-bond acceptors (Lipinski definition) is 7. The summed E-state index contributed by atoms with van der Waals surface area (Å²) in [5.41, 5.74) is 2.51. The largest absolute Gasteiger partial charge is 0.461 e. The van der Waals surface area contributed by atoms with Crippen molar-refractivity contribution in [3.05, 3.63) is 60.4 Å². The van der Waals surface area contributed by atoms with Crippen LogP contribution in [0.5, 0.6) is 0 Å². The third-order valence-electron chi connectivity index (χ3n) is 6.24. The van der Waals surface area contributed by atoms with Gasteiger partial charge in [0.1, 0.15) is 17.6 Å². The van der Waals surface area contributed by atoms with Gasteiger partial charge in [-0.15, -0.1) is 10.2 Å². The fraction of sp³-hybridized carbons (Fsp3) is 0.346. The van der Waals surface area contributed by atoms with Gasteiger partial charge in [-0.3, -0.25) is 9.80 Å². The molecular formula is C26H28N6O3. The van der Waals surface area contributed by atoms with Crippen molar-refractivity contribution >= 4 is 29.0 Å². The predicted molar refractivity (Wildman–Crippen MR) is 133 cm³/mol. The average Bonchev–Trinajstić information content (AvgIpc) is 3.43. The monoisotopic (exact) mass is 472 g/mol. The number of anilines is 2. The highest BCUT2D eigenvalue weighted by Gasteiger charge is 2.37. The molecule has 9 nitrogen and oxygen atoms in total. The van der Waals surface area contributed by atoms with E-state index in [-0.39, 0.29) is 24.6 Å². The maximum Gasteiger partial charge on any atom is 0.354 e. The molecule has 2 aliphatic heterocycles. The SMILES string of the molecule is CCOC(=O)C1=NN(c2ccccc2)C(C(=O)Nc2cccc(-c3nnc4n3CCCCC4)c2)C1. The van der Waals surface area contributed by atoms with Crippen LogP contribution < -0.4 is 10.3 Å². The van der Waals surface area contributed by atoms with Gasteiger partial charge in [0, 0.05) is 30.6 Å². The van der Waals surface area contributed by atoms with E-state index in [0.29, 0.717) is 5.69 Å². The maximum absolute atomic E-state index is 13.4. The number of fused-ring (bicyclic) bond motifs is 1. The van der Waals surface area contributed by atoms with Crippen molar-refractivity contribution < 1.29 is 14.3 Å². The molecule has 0 spiro atoms. The highest BCUT2D eigenvalue weighted by molar-refractivity contribution is 6.38. The van der Waals surface area contributed by atoms with E-state index in [0.717, 1.165) is 48.7 Å². The Morgan fingerprint density at radius 1 is 1.06 bits per heavy atom. The van der Waals surface area contributed by atoms with Crippen LogP contribution in [0.3, 0.4) is 0 Å². The summed E-state index contributed by atoms with van der Waals surface area (Å²) in [6, 6.07) is 16.3. The Bertz CT molecular complexity index is 1250. The lowest BCUT2D eigenvalue weighted by atomic mass is 10.1. The van der Waals surface area contributed by atoms with E-state index in [4.69, 9.17) is 4.74 Å². The second-order valence-corrected chi connectivity index (χ2v) is 8.64. The molecule has 1 unspecified atom stereocenters. The molecule has 9 heteroatoms. The number of para-hydroxylation sites is 1. The summed E-state index contributed by atoms with van der Waals surface area (Å²) in [6.45, 7) is 2.89. The predicted octanol–water partition coefficient (Wildman–Crippen LogP) is 3.81. The summed E-state index contributed by atoms with van der Waals surface area (Å²) in [4.78, 5) is 25.7. The molecule has 35 heavy (non-hydrogen) atoms. The van der Waals surface area contributed by atoms with E-state index in [1.165, 1.54) is 6.42 Å². The summed E-state index contributed by atoms with van der Waals surface area (Å²) in [6.07, 6.45) is 4.52. The van der Waals surface area contributed by atoms with Crippen molar-refractivity contribution in [2.24, 2.45) is 5.10 Å². The molecule has 1 amide bonds. The molecule has 0 bridgehead atoms. The molecule has 0 fully saturated rings. The summed E-state index contributed by atoms with van der Waals surface area (Å²) < 4.78 is 7.31. The van der Waals surface area contributed by atoms with Gasteiger partial charge < -0.3 is 14.6 Å². The molecule has 1 atom stereocenters. The zero-order valence-electron chi connectivity index (χ0n) is 19.7. The van der Waals surface area contributed by atoms with E-state index < -0.39 is 12.0 Å². The molecule has 180 valence electrons. The van der Waals surface area contributed by atoms with Crippen LogP contribution in [0.2, 0.25) is 0 Å². The first kappa shape index (κ1) is 22.8. The lowest BCUT2D eigenvalue weighted by molar-refractivity contribution is -0.135. The van der Waals surface area contributed by atoms with Crippen LogP contribution in [-0.4, -0.2) is 45.0 Å². The molecular weight excluding hydrogens is 444 g/mol. The maximum atomic E-state index is 13.4. The number of rotatable bonds is 6. The number of aromatic nitrogens is 3. The van der Waals surface area contributed by atoms with Gasteiger partial charge in [-0.2, -0.15) is 5.10 Å². The number of aryl methyl sites for hydroxylation is 1. The van der Waals surface area contributed by atoms with Crippen LogP contribution in [-0.2, 0) is 27.3 Å². The third-order valence-corrected chi connectivity index (χ3v) is 6.24. The van der Waals surface area contributed by atoms with Gasteiger partial charge in [0.25, 0.3) is 0 Å². The minimum absolute atomic E-state index is 0.164. The van der Waals surface area contributed by atoms with E-state index in [1.54, 1.807) is 11.9 Å². The molecule has 2 aliphatic rings. The molecule has 0 saturated carbocycles. The van der Waals surface area contributed by atoms with Crippen LogP contribution >= 0.6 is 0 Å². The number of hydrazone groups is 1. The van der Waals surface area contributed by atoms with Gasteiger partial charge in [0.05, 0.1) is 12.3 Å². The van der Waals surface area contributed by atoms with Gasteiger partial charge in [-0.05, 0) is 44.0 Å². The van der Waals surface area contributed by atoms with Crippen molar-refractivity contribution in [2.45, 2.75) is 51.6 Å². The molecule has 1 aromatic heterocycles. The Morgan fingerprint density at radius 2 is 1.91 bits per heavy atom. The summed E-state index contributed by atoms with van der Waals surface area (Å²) >= 11 is 0. The first-order valence-electron chi connectivity index (χ1n) is 12.1. The van der Waals surface area contributed by atoms with E-state index in [1.807, 2.05) is 54.6 Å². The number of amides is 1. The standard InChI is InChI=1S/C26H28N6O3/c1-2-35-26(34)21-17-22(32(30-21)20-12-5-3-6-13-20)25(33)27-19-11-9-10-18(16-19)24-29-28-23-14-7-4-8-15-31(23)24/h3,5-6,9-13,16,22H,2,4,7-8,14-15,17H2,1H3,(H,27,33). The van der Waals surface area contributed by atoms with Gasteiger partial charge >= 0.3 is 5.97 Å². The average molecular weight is 473 g/mol. The normalized spacial score (nSPS) is 17.3. The minimum atomic E-state index is -0.676. The Morgan fingerprint density at radius 3 is 2.74 bits per heavy atom. The molecule has 2 aromatic carbocycles. The van der Waals surface area contributed by atoms with Crippen LogP contribution in [0.15, 0.2) is 59.7 Å².